The SMILES string of the molecule is CCN1CCC(NCc2cc(NC(C)=O)cc(C(=O)N3CCc4ccccc4C3)c2)CC1. The van der Waals surface area contributed by atoms with Crippen molar-refractivity contribution in [2.45, 2.75) is 52.2 Å². The molecule has 0 saturated carbocycles. The molecule has 4 rings (SSSR count). The van der Waals surface area contributed by atoms with Crippen molar-refractivity contribution in [3.8, 4) is 0 Å². The van der Waals surface area contributed by atoms with E-state index in [2.05, 4.69) is 40.7 Å². The van der Waals surface area contributed by atoms with E-state index >= 15 is 0 Å². The fourth-order valence-electron chi connectivity index (χ4n) is 4.76. The molecular formula is C26H34N4O2. The van der Waals surface area contributed by atoms with Crippen LogP contribution in [0.5, 0.6) is 0 Å². The van der Waals surface area contributed by atoms with E-state index in [0.717, 1.165) is 44.5 Å². The maximum Gasteiger partial charge on any atom is 0.254 e. The van der Waals surface area contributed by atoms with Crippen LogP contribution in [-0.2, 0) is 24.3 Å². The molecule has 32 heavy (non-hydrogen) atoms. The molecule has 2 N–H and O–H groups in total. The molecule has 2 aliphatic rings. The largest absolute Gasteiger partial charge is 0.334 e. The van der Waals surface area contributed by atoms with Gasteiger partial charge in [0.25, 0.3) is 5.91 Å². The summed E-state index contributed by atoms with van der Waals surface area (Å²) < 4.78 is 0. The first-order valence-electron chi connectivity index (χ1n) is 11.7. The fourth-order valence-corrected chi connectivity index (χ4v) is 4.76. The van der Waals surface area contributed by atoms with E-state index in [1.165, 1.54) is 18.1 Å². The number of hydrogen-bond acceptors (Lipinski definition) is 4. The molecule has 1 saturated heterocycles. The van der Waals surface area contributed by atoms with Gasteiger partial charge in [-0.1, -0.05) is 31.2 Å². The predicted octanol–water partition coefficient (Wildman–Crippen LogP) is 3.42. The molecule has 0 aliphatic carbocycles. The van der Waals surface area contributed by atoms with Crippen LogP contribution in [0.3, 0.4) is 0 Å². The lowest BCUT2D eigenvalue weighted by Crippen LogP contribution is -2.42. The Bertz CT molecular complexity index is 966. The standard InChI is InChI=1S/C26H34N4O2/c1-3-29-11-9-24(10-12-29)27-17-20-14-23(16-25(15-20)28-19(2)31)26(32)30-13-8-21-6-4-5-7-22(21)18-30/h4-7,14-16,24,27H,3,8-13,17-18H2,1-2H3,(H,28,31). The Morgan fingerprint density at radius 2 is 1.78 bits per heavy atom. The van der Waals surface area contributed by atoms with Crippen LogP contribution in [-0.4, -0.2) is 53.8 Å². The molecule has 0 bridgehead atoms. The third kappa shape index (κ3) is 5.56. The minimum absolute atomic E-state index is 0.0178. The molecule has 2 aromatic rings. The van der Waals surface area contributed by atoms with Gasteiger partial charge in [0.15, 0.2) is 0 Å². The van der Waals surface area contributed by atoms with Gasteiger partial charge in [-0.15, -0.1) is 0 Å². The Labute approximate surface area is 191 Å². The molecule has 2 amide bonds. The zero-order chi connectivity index (χ0) is 22.5. The maximum atomic E-state index is 13.4. The molecular weight excluding hydrogens is 400 g/mol. The second kappa shape index (κ2) is 10.3. The number of amides is 2. The van der Waals surface area contributed by atoms with Crippen molar-refractivity contribution in [3.63, 3.8) is 0 Å². The van der Waals surface area contributed by atoms with E-state index in [1.54, 1.807) is 6.07 Å². The lowest BCUT2D eigenvalue weighted by Gasteiger charge is -2.31. The van der Waals surface area contributed by atoms with Gasteiger partial charge < -0.3 is 20.4 Å². The summed E-state index contributed by atoms with van der Waals surface area (Å²) in [7, 11) is 0. The molecule has 0 aromatic heterocycles. The quantitative estimate of drug-likeness (QED) is 0.731. The van der Waals surface area contributed by atoms with Crippen molar-refractivity contribution in [2.75, 3.05) is 31.5 Å². The molecule has 0 atom stereocenters. The number of likely N-dealkylation sites (tertiary alicyclic amines) is 1. The van der Waals surface area contributed by atoms with Crippen LogP contribution in [0, 0.1) is 0 Å². The normalized spacial score (nSPS) is 17.1. The number of nitrogens with zero attached hydrogens (tertiary/aromatic N) is 2. The average molecular weight is 435 g/mol. The Morgan fingerprint density at radius 1 is 1.03 bits per heavy atom. The topological polar surface area (TPSA) is 64.7 Å². The van der Waals surface area contributed by atoms with Crippen LogP contribution in [0.25, 0.3) is 0 Å². The molecule has 170 valence electrons. The average Bonchev–Trinajstić information content (AvgIpc) is 2.81. The number of rotatable bonds is 6. The van der Waals surface area contributed by atoms with Crippen molar-refractivity contribution in [1.29, 1.82) is 0 Å². The van der Waals surface area contributed by atoms with Gasteiger partial charge in [0.1, 0.15) is 0 Å². The first kappa shape index (κ1) is 22.5. The minimum atomic E-state index is -0.132. The van der Waals surface area contributed by atoms with Crippen molar-refractivity contribution in [1.82, 2.24) is 15.1 Å². The first-order valence-corrected chi connectivity index (χ1v) is 11.7. The molecule has 0 unspecified atom stereocenters. The Hall–Kier alpha value is -2.70. The number of nitrogens with one attached hydrogen (secondary N) is 2. The highest BCUT2D eigenvalue weighted by atomic mass is 16.2. The predicted molar refractivity (Wildman–Crippen MR) is 128 cm³/mol. The monoisotopic (exact) mass is 434 g/mol. The summed E-state index contributed by atoms with van der Waals surface area (Å²) >= 11 is 0. The van der Waals surface area contributed by atoms with Gasteiger partial charge in [0.05, 0.1) is 0 Å². The van der Waals surface area contributed by atoms with E-state index in [9.17, 15) is 9.59 Å². The smallest absolute Gasteiger partial charge is 0.254 e. The first-order chi connectivity index (χ1) is 15.5. The van der Waals surface area contributed by atoms with Crippen molar-refractivity contribution >= 4 is 17.5 Å². The van der Waals surface area contributed by atoms with Crippen LogP contribution >= 0.6 is 0 Å². The lowest BCUT2D eigenvalue weighted by molar-refractivity contribution is -0.114. The highest BCUT2D eigenvalue weighted by Crippen LogP contribution is 2.23. The molecule has 2 aliphatic heterocycles. The number of piperidine rings is 1. The number of hydrogen-bond donors (Lipinski definition) is 2. The van der Waals surface area contributed by atoms with Gasteiger partial charge in [0.2, 0.25) is 5.91 Å². The van der Waals surface area contributed by atoms with Crippen LogP contribution in [0.2, 0.25) is 0 Å². The molecule has 0 radical (unpaired) electrons. The molecule has 6 heteroatoms. The fraction of sp³-hybridized carbons (Fsp3) is 0.462. The Balaban J connectivity index is 1.47. The van der Waals surface area contributed by atoms with Gasteiger partial charge in [-0.2, -0.15) is 0 Å². The van der Waals surface area contributed by atoms with Crippen LogP contribution < -0.4 is 10.6 Å². The summed E-state index contributed by atoms with van der Waals surface area (Å²) in [5.74, 6) is -0.114. The number of carbonyl (C=O) groups excluding carboxylic acids is 2. The Morgan fingerprint density at radius 3 is 2.50 bits per heavy atom. The second-order valence-corrected chi connectivity index (χ2v) is 8.93. The number of carbonyl (C=O) groups is 2. The summed E-state index contributed by atoms with van der Waals surface area (Å²) in [6, 6.07) is 14.6. The minimum Gasteiger partial charge on any atom is -0.334 e. The van der Waals surface area contributed by atoms with Crippen LogP contribution in [0.15, 0.2) is 42.5 Å². The number of benzene rings is 2. The van der Waals surface area contributed by atoms with Gasteiger partial charge in [-0.3, -0.25) is 9.59 Å². The third-order valence-corrected chi connectivity index (χ3v) is 6.61. The van der Waals surface area contributed by atoms with Gasteiger partial charge in [0, 0.05) is 43.9 Å². The van der Waals surface area contributed by atoms with E-state index in [-0.39, 0.29) is 11.8 Å². The summed E-state index contributed by atoms with van der Waals surface area (Å²) in [6.45, 7) is 9.09. The van der Waals surface area contributed by atoms with Crippen molar-refractivity contribution in [2.24, 2.45) is 0 Å². The highest BCUT2D eigenvalue weighted by molar-refractivity contribution is 5.97. The summed E-state index contributed by atoms with van der Waals surface area (Å²) in [4.78, 5) is 29.4. The van der Waals surface area contributed by atoms with E-state index < -0.39 is 0 Å². The van der Waals surface area contributed by atoms with E-state index in [0.29, 0.717) is 36.9 Å². The third-order valence-electron chi connectivity index (χ3n) is 6.61. The number of anilines is 1. The van der Waals surface area contributed by atoms with Crippen LogP contribution in [0.4, 0.5) is 5.69 Å². The maximum absolute atomic E-state index is 13.4. The summed E-state index contributed by atoms with van der Waals surface area (Å²) in [5.41, 5.74) is 4.87. The molecule has 6 nitrogen and oxygen atoms in total. The Kier molecular flexibility index (Phi) is 7.22. The van der Waals surface area contributed by atoms with Gasteiger partial charge in [-0.25, -0.2) is 0 Å². The summed E-state index contributed by atoms with van der Waals surface area (Å²) in [5, 5.41) is 6.52. The zero-order valence-electron chi connectivity index (χ0n) is 19.2. The highest BCUT2D eigenvalue weighted by Gasteiger charge is 2.23. The van der Waals surface area contributed by atoms with E-state index in [4.69, 9.17) is 0 Å². The molecule has 2 aromatic carbocycles. The lowest BCUT2D eigenvalue weighted by atomic mass is 9.99. The summed E-state index contributed by atoms with van der Waals surface area (Å²) in [6.07, 6.45) is 3.15. The van der Waals surface area contributed by atoms with Gasteiger partial charge >= 0.3 is 0 Å². The van der Waals surface area contributed by atoms with Crippen LogP contribution in [0.1, 0.15) is 53.7 Å². The molecule has 0 spiro atoms. The van der Waals surface area contributed by atoms with Crippen molar-refractivity contribution < 1.29 is 9.59 Å². The zero-order valence-corrected chi connectivity index (χ0v) is 19.2. The van der Waals surface area contributed by atoms with Crippen molar-refractivity contribution in [3.05, 3.63) is 64.7 Å². The second-order valence-electron chi connectivity index (χ2n) is 8.93. The van der Waals surface area contributed by atoms with E-state index in [1.807, 2.05) is 23.1 Å². The molecule has 2 heterocycles. The molecule has 1 fully saturated rings. The van der Waals surface area contributed by atoms with Gasteiger partial charge in [-0.05, 0) is 73.8 Å². The number of fused-ring (bicyclic) bond motifs is 1.